The average Bonchev–Trinajstić information content (AvgIpc) is 3.32. The second-order valence-corrected chi connectivity index (χ2v) is 6.36. The first-order valence-corrected chi connectivity index (χ1v) is 8.86. The highest BCUT2D eigenvalue weighted by atomic mass is 16.5. The average molecular weight is 363 g/mol. The summed E-state index contributed by atoms with van der Waals surface area (Å²) < 4.78 is 16.8. The molecule has 2 N–H and O–H groups in total. The smallest absolute Gasteiger partial charge is 0.134 e. The van der Waals surface area contributed by atoms with Gasteiger partial charge in [0, 0.05) is 10.9 Å². The third-order valence-corrected chi connectivity index (χ3v) is 4.54. The predicted octanol–water partition coefficient (Wildman–Crippen LogP) is 4.74. The monoisotopic (exact) mass is 363 g/mol. The van der Waals surface area contributed by atoms with Crippen LogP contribution in [0.2, 0.25) is 0 Å². The largest absolute Gasteiger partial charge is 0.508 e. The molecule has 0 bridgehead atoms. The number of hydrogen-bond acceptors (Lipinski definition) is 5. The van der Waals surface area contributed by atoms with E-state index in [1.54, 1.807) is 19.2 Å². The van der Waals surface area contributed by atoms with Gasteiger partial charge in [-0.2, -0.15) is 0 Å². The lowest BCUT2D eigenvalue weighted by molar-refractivity contribution is 0.415. The lowest BCUT2D eigenvalue weighted by Gasteiger charge is -2.03. The molecule has 0 aliphatic carbocycles. The van der Waals surface area contributed by atoms with Crippen LogP contribution in [0.1, 0.15) is 11.3 Å². The molecule has 4 aromatic rings. The minimum atomic E-state index is 0.247. The molecule has 0 saturated heterocycles. The van der Waals surface area contributed by atoms with Crippen LogP contribution in [0, 0.1) is 0 Å². The van der Waals surface area contributed by atoms with Crippen LogP contribution in [-0.4, -0.2) is 18.8 Å². The number of nitrogens with one attached hydrogen (secondary N) is 1. The second-order valence-electron chi connectivity index (χ2n) is 6.36. The first kappa shape index (κ1) is 17.2. The van der Waals surface area contributed by atoms with E-state index in [4.69, 9.17) is 13.6 Å². The van der Waals surface area contributed by atoms with Crippen LogP contribution in [-0.2, 0) is 13.0 Å². The SMILES string of the molecule is COc1ccc2occ(CCNCc3ccc(-c4ccc(O)cc4)o3)c2c1. The Kier molecular flexibility index (Phi) is 4.85. The minimum Gasteiger partial charge on any atom is -0.508 e. The molecule has 0 fully saturated rings. The van der Waals surface area contributed by atoms with Crippen LogP contribution in [0.25, 0.3) is 22.3 Å². The van der Waals surface area contributed by atoms with E-state index in [-0.39, 0.29) is 5.75 Å². The van der Waals surface area contributed by atoms with Crippen LogP contribution in [0.5, 0.6) is 11.5 Å². The van der Waals surface area contributed by atoms with E-state index in [2.05, 4.69) is 5.32 Å². The van der Waals surface area contributed by atoms with Gasteiger partial charge in [-0.05, 0) is 73.1 Å². The summed E-state index contributed by atoms with van der Waals surface area (Å²) in [6.45, 7) is 1.46. The summed E-state index contributed by atoms with van der Waals surface area (Å²) in [7, 11) is 1.66. The molecular weight excluding hydrogens is 342 g/mol. The first-order chi connectivity index (χ1) is 13.2. The number of ether oxygens (including phenoxy) is 1. The molecule has 0 radical (unpaired) electrons. The first-order valence-electron chi connectivity index (χ1n) is 8.86. The number of fused-ring (bicyclic) bond motifs is 1. The molecule has 27 heavy (non-hydrogen) atoms. The number of phenolic OH excluding ortho intramolecular Hbond substituents is 1. The number of phenols is 1. The zero-order valence-corrected chi connectivity index (χ0v) is 15.1. The van der Waals surface area contributed by atoms with Gasteiger partial charge in [-0.3, -0.25) is 0 Å². The standard InChI is InChI=1S/C22H21NO4/c1-25-18-6-9-22-20(12-18)16(14-26-22)10-11-23-13-19-7-8-21(27-19)15-2-4-17(24)5-3-15/h2-9,12,14,23-24H,10-11,13H2,1H3. The molecule has 2 heterocycles. The summed E-state index contributed by atoms with van der Waals surface area (Å²) in [4.78, 5) is 0. The topological polar surface area (TPSA) is 67.8 Å². The van der Waals surface area contributed by atoms with Crippen molar-refractivity contribution in [1.29, 1.82) is 0 Å². The molecule has 0 saturated carbocycles. The van der Waals surface area contributed by atoms with Crippen LogP contribution < -0.4 is 10.1 Å². The number of furan rings is 2. The van der Waals surface area contributed by atoms with Gasteiger partial charge in [-0.25, -0.2) is 0 Å². The van der Waals surface area contributed by atoms with Crippen molar-refractivity contribution in [3.05, 3.63) is 72.2 Å². The third kappa shape index (κ3) is 3.83. The van der Waals surface area contributed by atoms with Gasteiger partial charge < -0.3 is 24.0 Å². The Morgan fingerprint density at radius 2 is 1.89 bits per heavy atom. The fraction of sp³-hybridized carbons (Fsp3) is 0.182. The van der Waals surface area contributed by atoms with E-state index in [0.717, 1.165) is 52.3 Å². The van der Waals surface area contributed by atoms with E-state index in [1.807, 2.05) is 48.7 Å². The van der Waals surface area contributed by atoms with Crippen molar-refractivity contribution in [3.8, 4) is 22.8 Å². The Bertz CT molecular complexity index is 1030. The van der Waals surface area contributed by atoms with Crippen LogP contribution in [0.4, 0.5) is 0 Å². The molecular formula is C22H21NO4. The Hall–Kier alpha value is -3.18. The van der Waals surface area contributed by atoms with E-state index >= 15 is 0 Å². The zero-order chi connectivity index (χ0) is 18.6. The number of hydrogen-bond donors (Lipinski definition) is 2. The molecule has 0 aliphatic rings. The Morgan fingerprint density at radius 3 is 2.70 bits per heavy atom. The van der Waals surface area contributed by atoms with Crippen molar-refractivity contribution in [3.63, 3.8) is 0 Å². The van der Waals surface area contributed by atoms with Crippen LogP contribution in [0.15, 0.2) is 69.7 Å². The summed E-state index contributed by atoms with van der Waals surface area (Å²) >= 11 is 0. The molecule has 5 nitrogen and oxygen atoms in total. The molecule has 0 amide bonds. The van der Waals surface area contributed by atoms with E-state index < -0.39 is 0 Å². The summed E-state index contributed by atoms with van der Waals surface area (Å²) in [5.41, 5.74) is 2.97. The molecule has 4 rings (SSSR count). The molecule has 2 aromatic heterocycles. The van der Waals surface area contributed by atoms with Gasteiger partial charge >= 0.3 is 0 Å². The molecule has 2 aromatic carbocycles. The van der Waals surface area contributed by atoms with Crippen molar-refractivity contribution in [1.82, 2.24) is 5.32 Å². The van der Waals surface area contributed by atoms with Gasteiger partial charge in [-0.15, -0.1) is 0 Å². The van der Waals surface area contributed by atoms with Gasteiger partial charge in [0.15, 0.2) is 0 Å². The maximum atomic E-state index is 9.37. The lowest BCUT2D eigenvalue weighted by atomic mass is 10.1. The molecule has 0 atom stereocenters. The summed E-state index contributed by atoms with van der Waals surface area (Å²) in [6, 6.07) is 16.7. The van der Waals surface area contributed by atoms with Gasteiger partial charge in [0.05, 0.1) is 19.9 Å². The zero-order valence-electron chi connectivity index (χ0n) is 15.1. The van der Waals surface area contributed by atoms with Crippen molar-refractivity contribution >= 4 is 11.0 Å². The van der Waals surface area contributed by atoms with Crippen molar-refractivity contribution in [2.45, 2.75) is 13.0 Å². The molecule has 138 valence electrons. The van der Waals surface area contributed by atoms with Crippen LogP contribution in [0.3, 0.4) is 0 Å². The van der Waals surface area contributed by atoms with Crippen molar-refractivity contribution in [2.75, 3.05) is 13.7 Å². The lowest BCUT2D eigenvalue weighted by Crippen LogP contribution is -2.16. The number of aromatic hydroxyl groups is 1. The van der Waals surface area contributed by atoms with Crippen molar-refractivity contribution < 1.29 is 18.7 Å². The maximum Gasteiger partial charge on any atom is 0.134 e. The van der Waals surface area contributed by atoms with E-state index in [1.165, 1.54) is 0 Å². The number of benzene rings is 2. The van der Waals surface area contributed by atoms with Gasteiger partial charge in [0.2, 0.25) is 0 Å². The van der Waals surface area contributed by atoms with E-state index in [0.29, 0.717) is 6.54 Å². The maximum absolute atomic E-state index is 9.37. The number of rotatable bonds is 7. The highest BCUT2D eigenvalue weighted by Crippen LogP contribution is 2.26. The second kappa shape index (κ2) is 7.60. The molecule has 0 aliphatic heterocycles. The van der Waals surface area contributed by atoms with Crippen molar-refractivity contribution in [2.24, 2.45) is 0 Å². The summed E-state index contributed by atoms with van der Waals surface area (Å²) in [5, 5.41) is 13.9. The summed E-state index contributed by atoms with van der Waals surface area (Å²) in [5.74, 6) is 2.74. The van der Waals surface area contributed by atoms with Gasteiger partial charge in [-0.1, -0.05) is 0 Å². The van der Waals surface area contributed by atoms with Gasteiger partial charge in [0.25, 0.3) is 0 Å². The normalized spacial score (nSPS) is 11.1. The Labute approximate surface area is 157 Å². The minimum absolute atomic E-state index is 0.247. The Morgan fingerprint density at radius 1 is 1.04 bits per heavy atom. The quantitative estimate of drug-likeness (QED) is 0.464. The summed E-state index contributed by atoms with van der Waals surface area (Å²) in [6.07, 6.45) is 2.66. The highest BCUT2D eigenvalue weighted by Gasteiger charge is 2.08. The Balaban J connectivity index is 1.34. The van der Waals surface area contributed by atoms with Crippen LogP contribution >= 0.6 is 0 Å². The number of methoxy groups -OCH3 is 1. The molecule has 0 spiro atoms. The van der Waals surface area contributed by atoms with Gasteiger partial charge in [0.1, 0.15) is 28.6 Å². The third-order valence-electron chi connectivity index (χ3n) is 4.54. The fourth-order valence-electron chi connectivity index (χ4n) is 3.07. The fourth-order valence-corrected chi connectivity index (χ4v) is 3.07. The molecule has 0 unspecified atom stereocenters. The molecule has 5 heteroatoms. The van der Waals surface area contributed by atoms with E-state index in [9.17, 15) is 5.11 Å². The highest BCUT2D eigenvalue weighted by molar-refractivity contribution is 5.82. The predicted molar refractivity (Wildman–Crippen MR) is 104 cm³/mol.